The molecule has 0 spiro atoms. The molecule has 1 unspecified atom stereocenters. The van der Waals surface area contributed by atoms with E-state index < -0.39 is 0 Å². The normalized spacial score (nSPS) is 27.8. The van der Waals surface area contributed by atoms with E-state index in [-0.39, 0.29) is 23.2 Å². The number of Topliss-reactive ketones (excluding diaryl/α,β-unsaturated/α-hetero) is 1. The van der Waals surface area contributed by atoms with Crippen molar-refractivity contribution in [2.75, 3.05) is 19.3 Å². The van der Waals surface area contributed by atoms with Gasteiger partial charge in [-0.2, -0.15) is 0 Å². The third-order valence-electron chi connectivity index (χ3n) is 5.60. The smallest absolute Gasteiger partial charge is 0.180 e. The highest BCUT2D eigenvalue weighted by Crippen LogP contribution is 2.44. The second kappa shape index (κ2) is 4.84. The van der Waals surface area contributed by atoms with Crippen LogP contribution in [0.15, 0.2) is 18.2 Å². The molecule has 2 aliphatic rings. The van der Waals surface area contributed by atoms with E-state index in [4.69, 9.17) is 5.73 Å². The van der Waals surface area contributed by atoms with E-state index >= 15 is 0 Å². The third kappa shape index (κ3) is 2.38. The lowest BCUT2D eigenvalue weighted by atomic mass is 9.63. The number of nitrogen functional groups attached to an aromatic ring is 1. The number of nitrogens with zero attached hydrogens (tertiary/aromatic N) is 1. The molecule has 0 aliphatic heterocycles. The van der Waals surface area contributed by atoms with E-state index in [0.717, 1.165) is 29.3 Å². The maximum absolute atomic E-state index is 13.0. The van der Waals surface area contributed by atoms with E-state index in [2.05, 4.69) is 32.7 Å². The number of anilines is 1. The molecule has 21 heavy (non-hydrogen) atoms. The Labute approximate surface area is 127 Å². The Kier molecular flexibility index (Phi) is 3.36. The van der Waals surface area contributed by atoms with Gasteiger partial charge >= 0.3 is 0 Å². The first-order chi connectivity index (χ1) is 9.82. The van der Waals surface area contributed by atoms with Gasteiger partial charge in [0, 0.05) is 17.8 Å². The fraction of sp³-hybridized carbons (Fsp3) is 0.611. The van der Waals surface area contributed by atoms with Crippen molar-refractivity contribution >= 4 is 11.5 Å². The van der Waals surface area contributed by atoms with Crippen molar-refractivity contribution in [3.05, 3.63) is 29.3 Å². The Morgan fingerprint density at radius 2 is 2.00 bits per heavy atom. The first-order valence-corrected chi connectivity index (χ1v) is 7.97. The van der Waals surface area contributed by atoms with Crippen molar-refractivity contribution in [1.82, 2.24) is 4.90 Å². The Hall–Kier alpha value is -1.35. The first kappa shape index (κ1) is 14.6. The quantitative estimate of drug-likeness (QED) is 0.869. The zero-order chi connectivity index (χ0) is 15.4. The van der Waals surface area contributed by atoms with Crippen molar-refractivity contribution in [1.29, 1.82) is 0 Å². The lowest BCUT2D eigenvalue weighted by Crippen LogP contribution is -2.53. The van der Waals surface area contributed by atoms with Crippen LogP contribution >= 0.6 is 0 Å². The molecule has 0 saturated heterocycles. The maximum atomic E-state index is 13.0. The molecule has 0 bridgehead atoms. The molecule has 1 aromatic carbocycles. The molecule has 0 radical (unpaired) electrons. The Morgan fingerprint density at radius 1 is 1.33 bits per heavy atom. The van der Waals surface area contributed by atoms with Crippen LogP contribution in [0.2, 0.25) is 0 Å². The van der Waals surface area contributed by atoms with E-state index in [1.165, 1.54) is 12.8 Å². The highest BCUT2D eigenvalue weighted by Gasteiger charge is 2.46. The minimum Gasteiger partial charge on any atom is -0.399 e. The van der Waals surface area contributed by atoms with Crippen LogP contribution in [0.25, 0.3) is 0 Å². The average Bonchev–Trinajstić information content (AvgIpc) is 3.21. The number of carbonyl (C=O) groups is 1. The average molecular weight is 286 g/mol. The number of nitrogens with two attached hydrogens (primary N) is 1. The number of rotatable bonds is 3. The van der Waals surface area contributed by atoms with Gasteiger partial charge in [0.1, 0.15) is 0 Å². The highest BCUT2D eigenvalue weighted by molar-refractivity contribution is 6.03. The van der Waals surface area contributed by atoms with Crippen LogP contribution in [0.3, 0.4) is 0 Å². The molecule has 1 aromatic rings. The van der Waals surface area contributed by atoms with Gasteiger partial charge in [0.2, 0.25) is 0 Å². The van der Waals surface area contributed by atoms with E-state index in [9.17, 15) is 4.79 Å². The van der Waals surface area contributed by atoms with Crippen LogP contribution < -0.4 is 5.73 Å². The summed E-state index contributed by atoms with van der Waals surface area (Å²) in [6.45, 7) is 7.72. The minimum absolute atomic E-state index is 0.0169. The summed E-state index contributed by atoms with van der Waals surface area (Å²) in [7, 11) is 2.11. The molecule has 3 nitrogen and oxygen atoms in total. The predicted octanol–water partition coefficient (Wildman–Crippen LogP) is 3.09. The molecule has 1 fully saturated rings. The Bertz CT molecular complexity index is 575. The lowest BCUT2D eigenvalue weighted by molar-refractivity contribution is 0.0650. The predicted molar refractivity (Wildman–Crippen MR) is 86.5 cm³/mol. The van der Waals surface area contributed by atoms with Gasteiger partial charge in [0.15, 0.2) is 5.78 Å². The number of benzene rings is 1. The monoisotopic (exact) mass is 286 g/mol. The van der Waals surface area contributed by atoms with Crippen molar-refractivity contribution in [2.45, 2.75) is 45.1 Å². The fourth-order valence-electron chi connectivity index (χ4n) is 3.74. The van der Waals surface area contributed by atoms with Gasteiger partial charge in [-0.15, -0.1) is 0 Å². The zero-order valence-corrected chi connectivity index (χ0v) is 13.5. The molecule has 1 saturated carbocycles. The molecule has 2 atom stereocenters. The number of hydrogen-bond donors (Lipinski definition) is 1. The summed E-state index contributed by atoms with van der Waals surface area (Å²) in [4.78, 5) is 15.3. The van der Waals surface area contributed by atoms with Crippen LogP contribution in [-0.2, 0) is 5.41 Å². The van der Waals surface area contributed by atoms with E-state index in [1.807, 2.05) is 18.2 Å². The van der Waals surface area contributed by atoms with E-state index in [1.54, 1.807) is 0 Å². The summed E-state index contributed by atoms with van der Waals surface area (Å²) >= 11 is 0. The van der Waals surface area contributed by atoms with Crippen molar-refractivity contribution in [2.24, 2.45) is 11.8 Å². The lowest BCUT2D eigenvalue weighted by Gasteiger charge is -2.46. The van der Waals surface area contributed by atoms with Crippen LogP contribution in [-0.4, -0.2) is 30.3 Å². The Morgan fingerprint density at radius 3 is 2.62 bits per heavy atom. The highest BCUT2D eigenvalue weighted by atomic mass is 16.1. The zero-order valence-electron chi connectivity index (χ0n) is 13.5. The summed E-state index contributed by atoms with van der Waals surface area (Å²) in [6.07, 6.45) is 2.63. The molecule has 0 aromatic heterocycles. The van der Waals surface area contributed by atoms with Gasteiger partial charge in [-0.05, 0) is 60.9 Å². The number of carbonyl (C=O) groups excluding carboxylic acids is 1. The third-order valence-corrected chi connectivity index (χ3v) is 5.60. The van der Waals surface area contributed by atoms with Gasteiger partial charge < -0.3 is 5.73 Å². The summed E-state index contributed by atoms with van der Waals surface area (Å²) < 4.78 is 0. The standard InChI is InChI=1S/C18H26N2O/c1-11-16(20(4)10-12-5-6-12)17(21)14-8-7-13(19)9-15(14)18(11,2)3/h7-9,11-12,16H,5-6,10,19H2,1-4H3/t11-,16?/m0/s1. The van der Waals surface area contributed by atoms with Crippen LogP contribution in [0.5, 0.6) is 0 Å². The second-order valence-corrected chi connectivity index (χ2v) is 7.51. The minimum atomic E-state index is -0.0406. The maximum Gasteiger partial charge on any atom is 0.180 e. The molecule has 114 valence electrons. The molecular formula is C18H26N2O. The molecular weight excluding hydrogens is 260 g/mol. The topological polar surface area (TPSA) is 46.3 Å². The second-order valence-electron chi connectivity index (χ2n) is 7.51. The van der Waals surface area contributed by atoms with Crippen LogP contribution in [0, 0.1) is 11.8 Å². The van der Waals surface area contributed by atoms with Crippen molar-refractivity contribution < 1.29 is 4.79 Å². The fourth-order valence-corrected chi connectivity index (χ4v) is 3.74. The van der Waals surface area contributed by atoms with Gasteiger partial charge in [-0.1, -0.05) is 20.8 Å². The number of hydrogen-bond acceptors (Lipinski definition) is 3. The van der Waals surface area contributed by atoms with Gasteiger partial charge in [-0.25, -0.2) is 0 Å². The van der Waals surface area contributed by atoms with Gasteiger partial charge in [0.05, 0.1) is 6.04 Å². The molecule has 3 heteroatoms. The molecule has 0 amide bonds. The molecule has 2 N–H and O–H groups in total. The molecule has 3 rings (SSSR count). The van der Waals surface area contributed by atoms with E-state index in [0.29, 0.717) is 0 Å². The number of likely N-dealkylation sites (N-methyl/N-ethyl adjacent to an activating group) is 1. The summed E-state index contributed by atoms with van der Waals surface area (Å²) in [5, 5.41) is 0. The van der Waals surface area contributed by atoms with Gasteiger partial charge in [0.25, 0.3) is 0 Å². The summed E-state index contributed by atoms with van der Waals surface area (Å²) in [6, 6.07) is 5.73. The SMILES string of the molecule is C[C@H]1C(N(C)CC2CC2)C(=O)c2ccc(N)cc2C1(C)C. The summed E-state index contributed by atoms with van der Waals surface area (Å²) in [5.41, 5.74) is 8.61. The molecule has 2 aliphatic carbocycles. The van der Waals surface area contributed by atoms with Crippen molar-refractivity contribution in [3.63, 3.8) is 0 Å². The molecule has 0 heterocycles. The first-order valence-electron chi connectivity index (χ1n) is 7.97. The van der Waals surface area contributed by atoms with Crippen LogP contribution in [0.4, 0.5) is 5.69 Å². The summed E-state index contributed by atoms with van der Waals surface area (Å²) in [5.74, 6) is 1.34. The van der Waals surface area contributed by atoms with Crippen molar-refractivity contribution in [3.8, 4) is 0 Å². The van der Waals surface area contributed by atoms with Gasteiger partial charge in [-0.3, -0.25) is 9.69 Å². The number of fused-ring (bicyclic) bond motifs is 1. The number of ketones is 1. The van der Waals surface area contributed by atoms with Crippen LogP contribution in [0.1, 0.15) is 49.5 Å². The Balaban J connectivity index is 2.01. The largest absolute Gasteiger partial charge is 0.399 e.